The number of carbonyl (C=O) groups is 2. The van der Waals surface area contributed by atoms with Gasteiger partial charge in [-0.25, -0.2) is 9.59 Å². The van der Waals surface area contributed by atoms with Crippen molar-refractivity contribution in [2.45, 2.75) is 25.6 Å². The largest absolute Gasteiger partial charge is 0.444 e. The molecule has 13 nitrogen and oxygen atoms in total. The highest BCUT2D eigenvalue weighted by molar-refractivity contribution is 7.85. The molecule has 0 saturated carbocycles. The summed E-state index contributed by atoms with van der Waals surface area (Å²) >= 11 is 2.28. The van der Waals surface area contributed by atoms with Gasteiger partial charge in [0.2, 0.25) is 0 Å². The molecule has 16 heteroatoms. The van der Waals surface area contributed by atoms with E-state index in [1.54, 1.807) is 41.8 Å². The smallest absolute Gasteiger partial charge is 0.414 e. The van der Waals surface area contributed by atoms with Crippen molar-refractivity contribution in [2.75, 3.05) is 35.8 Å². The van der Waals surface area contributed by atoms with Gasteiger partial charge < -0.3 is 18.6 Å². The van der Waals surface area contributed by atoms with Crippen LogP contribution in [0.5, 0.6) is 0 Å². The van der Waals surface area contributed by atoms with Gasteiger partial charge in [-0.2, -0.15) is 8.42 Å². The van der Waals surface area contributed by atoms with E-state index in [1.165, 1.54) is 20.8 Å². The molecule has 4 aromatic rings. The van der Waals surface area contributed by atoms with Crippen molar-refractivity contribution in [3.8, 4) is 0 Å². The SMILES string of the molecule is CC[C@H]1CN(c2ccc3c(c2)sc(=O)n3C)C(=O)O1.Cn1c(=O)sc2cc(N3C[C@H](COS(C)(=O)=O)OC3=O)ccc21. The lowest BCUT2D eigenvalue weighted by Crippen LogP contribution is -2.26. The molecule has 0 N–H and O–H groups in total. The van der Waals surface area contributed by atoms with E-state index in [1.807, 2.05) is 25.1 Å². The van der Waals surface area contributed by atoms with Crippen LogP contribution in [0.2, 0.25) is 0 Å². The zero-order valence-corrected chi connectivity index (χ0v) is 25.6. The number of aromatic nitrogens is 2. The van der Waals surface area contributed by atoms with Gasteiger partial charge in [0.15, 0.2) is 0 Å². The fourth-order valence-corrected chi connectivity index (χ4v) is 6.77. The Labute approximate surface area is 248 Å². The molecule has 2 aromatic carbocycles. The average molecular weight is 637 g/mol. The topological polar surface area (TPSA) is 146 Å². The maximum absolute atomic E-state index is 12.0. The third-order valence-electron chi connectivity index (χ3n) is 6.85. The normalized spacial score (nSPS) is 18.9. The molecule has 2 aliphatic rings. The van der Waals surface area contributed by atoms with Crippen LogP contribution in [0.4, 0.5) is 21.0 Å². The van der Waals surface area contributed by atoms with E-state index < -0.39 is 22.3 Å². The number of thiazole rings is 2. The summed E-state index contributed by atoms with van der Waals surface area (Å²) in [5, 5.41) is 0. The van der Waals surface area contributed by atoms with Crippen molar-refractivity contribution in [3.05, 3.63) is 55.7 Å². The number of benzene rings is 2. The van der Waals surface area contributed by atoms with Crippen molar-refractivity contribution < 1.29 is 31.7 Å². The van der Waals surface area contributed by atoms with Crippen LogP contribution in [0.1, 0.15) is 13.3 Å². The van der Waals surface area contributed by atoms with Gasteiger partial charge in [-0.15, -0.1) is 0 Å². The fraction of sp³-hybridized carbons (Fsp3) is 0.385. The number of rotatable bonds is 6. The van der Waals surface area contributed by atoms with Crippen molar-refractivity contribution in [3.63, 3.8) is 0 Å². The number of cyclic esters (lactones) is 2. The second-order valence-electron chi connectivity index (χ2n) is 9.79. The summed E-state index contributed by atoms with van der Waals surface area (Å²) in [6.07, 6.45) is 0.153. The molecule has 6 rings (SSSR count). The molecule has 42 heavy (non-hydrogen) atoms. The Bertz CT molecular complexity index is 1910. The van der Waals surface area contributed by atoms with Gasteiger partial charge in [-0.1, -0.05) is 29.6 Å². The maximum atomic E-state index is 12.0. The van der Waals surface area contributed by atoms with Crippen molar-refractivity contribution in [1.29, 1.82) is 0 Å². The highest BCUT2D eigenvalue weighted by Gasteiger charge is 2.34. The summed E-state index contributed by atoms with van der Waals surface area (Å²) < 4.78 is 41.8. The number of amides is 2. The maximum Gasteiger partial charge on any atom is 0.414 e. The molecule has 0 unspecified atom stereocenters. The lowest BCUT2D eigenvalue weighted by molar-refractivity contribution is 0.107. The number of nitrogens with zero attached hydrogens (tertiary/aromatic N) is 4. The molecule has 2 atom stereocenters. The molecular formula is C26H28N4O9S3. The van der Waals surface area contributed by atoms with Gasteiger partial charge in [0.1, 0.15) is 18.8 Å². The van der Waals surface area contributed by atoms with Crippen LogP contribution in [-0.2, 0) is 37.9 Å². The molecule has 0 radical (unpaired) electrons. The number of hydrogen-bond donors (Lipinski definition) is 0. The van der Waals surface area contributed by atoms with Crippen LogP contribution < -0.4 is 19.5 Å². The van der Waals surface area contributed by atoms with Crippen molar-refractivity contribution in [2.24, 2.45) is 14.1 Å². The number of anilines is 2. The number of fused-ring (bicyclic) bond motifs is 2. The zero-order chi connectivity index (χ0) is 30.3. The molecule has 0 bridgehead atoms. The third-order valence-corrected chi connectivity index (χ3v) is 9.40. The molecule has 2 amide bonds. The van der Waals surface area contributed by atoms with E-state index in [-0.39, 0.29) is 35.1 Å². The predicted molar refractivity (Wildman–Crippen MR) is 160 cm³/mol. The van der Waals surface area contributed by atoms with E-state index in [2.05, 4.69) is 4.18 Å². The number of hydrogen-bond acceptors (Lipinski definition) is 11. The molecule has 2 aliphatic heterocycles. The van der Waals surface area contributed by atoms with Crippen LogP contribution in [0.3, 0.4) is 0 Å². The van der Waals surface area contributed by atoms with Crippen LogP contribution in [0.25, 0.3) is 20.4 Å². The minimum Gasteiger partial charge on any atom is -0.444 e. The Morgan fingerprint density at radius 2 is 1.26 bits per heavy atom. The van der Waals surface area contributed by atoms with Gasteiger partial charge in [-0.3, -0.25) is 23.6 Å². The third kappa shape index (κ3) is 6.06. The lowest BCUT2D eigenvalue weighted by Gasteiger charge is -2.13. The number of aryl methyl sites for hydroxylation is 2. The van der Waals surface area contributed by atoms with Gasteiger partial charge >= 0.3 is 21.9 Å². The van der Waals surface area contributed by atoms with Gasteiger partial charge in [0.25, 0.3) is 10.1 Å². The first-order valence-corrected chi connectivity index (χ1v) is 16.3. The molecule has 0 spiro atoms. The Hall–Kier alpha value is -3.73. The molecule has 224 valence electrons. The van der Waals surface area contributed by atoms with Gasteiger partial charge in [-0.05, 0) is 42.8 Å². The fourth-order valence-electron chi connectivity index (χ4n) is 4.54. The predicted octanol–water partition coefficient (Wildman–Crippen LogP) is 3.24. The second-order valence-corrected chi connectivity index (χ2v) is 13.4. The average Bonchev–Trinajstić information content (AvgIpc) is 3.66. The molecule has 2 saturated heterocycles. The van der Waals surface area contributed by atoms with Crippen LogP contribution in [-0.4, -0.2) is 67.9 Å². The number of ether oxygens (including phenoxy) is 2. The van der Waals surface area contributed by atoms with Gasteiger partial charge in [0, 0.05) is 25.5 Å². The van der Waals surface area contributed by atoms with Crippen LogP contribution in [0, 0.1) is 0 Å². The Kier molecular flexibility index (Phi) is 8.15. The van der Waals surface area contributed by atoms with Gasteiger partial charge in [0.05, 0.1) is 39.8 Å². The lowest BCUT2D eigenvalue weighted by atomic mass is 10.2. The van der Waals surface area contributed by atoms with Crippen LogP contribution in [0.15, 0.2) is 46.0 Å². The van der Waals surface area contributed by atoms with E-state index in [0.29, 0.717) is 12.2 Å². The zero-order valence-electron chi connectivity index (χ0n) is 23.1. The quantitative estimate of drug-likeness (QED) is 0.291. The summed E-state index contributed by atoms with van der Waals surface area (Å²) in [6.45, 7) is 2.53. The monoisotopic (exact) mass is 636 g/mol. The first kappa shape index (κ1) is 29.8. The summed E-state index contributed by atoms with van der Waals surface area (Å²) in [6, 6.07) is 10.8. The van der Waals surface area contributed by atoms with E-state index >= 15 is 0 Å². The minimum atomic E-state index is -3.59. The van der Waals surface area contributed by atoms with E-state index in [9.17, 15) is 27.6 Å². The highest BCUT2D eigenvalue weighted by Crippen LogP contribution is 2.29. The summed E-state index contributed by atoms with van der Waals surface area (Å²) in [7, 11) is -0.156. The first-order valence-electron chi connectivity index (χ1n) is 12.8. The summed E-state index contributed by atoms with van der Waals surface area (Å²) in [5.41, 5.74) is 3.05. The highest BCUT2D eigenvalue weighted by atomic mass is 32.2. The Morgan fingerprint density at radius 1 is 0.810 bits per heavy atom. The Morgan fingerprint density at radius 3 is 1.69 bits per heavy atom. The van der Waals surface area contributed by atoms with E-state index in [0.717, 1.165) is 50.1 Å². The van der Waals surface area contributed by atoms with E-state index in [4.69, 9.17) is 9.47 Å². The number of carbonyl (C=O) groups excluding carboxylic acids is 2. The summed E-state index contributed by atoms with van der Waals surface area (Å²) in [4.78, 5) is 50.0. The molecule has 0 aliphatic carbocycles. The molecule has 2 fully saturated rings. The molecule has 2 aromatic heterocycles. The van der Waals surface area contributed by atoms with Crippen molar-refractivity contribution >= 4 is 76.8 Å². The first-order chi connectivity index (χ1) is 19.8. The molecular weight excluding hydrogens is 609 g/mol. The standard InChI is InChI=1S/C13H14N2O6S2.C13H14N2O3S/c1-14-10-4-3-8(5-11(10)22-13(14)17)15-6-9(21-12(15)16)7-20-23(2,18)19;1-3-9-7-15(12(16)18-9)8-4-5-10-11(6-8)19-13(17)14(10)2/h3-5,9H,6-7H2,1-2H3;4-6,9H,3,7H2,1-2H3/t2*9-/m10/s1. The second kappa shape index (κ2) is 11.5. The Balaban J connectivity index is 0.000000171. The summed E-state index contributed by atoms with van der Waals surface area (Å²) in [5.74, 6) is 0. The van der Waals surface area contributed by atoms with Crippen molar-refractivity contribution in [1.82, 2.24) is 9.13 Å². The molecule has 4 heterocycles. The minimum absolute atomic E-state index is 0.00239. The van der Waals surface area contributed by atoms with Crippen LogP contribution >= 0.6 is 22.7 Å².